The van der Waals surface area contributed by atoms with Crippen molar-refractivity contribution in [3.8, 4) is 0 Å². The Labute approximate surface area is 72.1 Å². The molecule has 1 N–H and O–H groups in total. The number of ether oxygens (including phenoxy) is 1. The zero-order chi connectivity index (χ0) is 7.52. The van der Waals surface area contributed by atoms with Gasteiger partial charge in [-0.25, -0.2) is 0 Å². The van der Waals surface area contributed by atoms with Gasteiger partial charge in [-0.2, -0.15) is 11.8 Å². The van der Waals surface area contributed by atoms with Crippen LogP contribution in [0.1, 0.15) is 19.3 Å². The Kier molecular flexibility index (Phi) is 2.72. The highest BCUT2D eigenvalue weighted by Crippen LogP contribution is 2.29. The number of rotatable bonds is 1. The second-order valence-electron chi connectivity index (χ2n) is 3.15. The van der Waals surface area contributed by atoms with E-state index >= 15 is 0 Å². The molecule has 64 valence electrons. The van der Waals surface area contributed by atoms with Crippen LogP contribution in [0, 0.1) is 0 Å². The predicted octanol–water partition coefficient (Wildman–Crippen LogP) is 1.22. The molecule has 0 aromatic carbocycles. The van der Waals surface area contributed by atoms with Gasteiger partial charge in [0.1, 0.15) is 6.23 Å². The van der Waals surface area contributed by atoms with Gasteiger partial charge in [-0.1, -0.05) is 0 Å². The average molecular weight is 173 g/mol. The van der Waals surface area contributed by atoms with Crippen LogP contribution in [0.25, 0.3) is 0 Å². The lowest BCUT2D eigenvalue weighted by Crippen LogP contribution is -2.44. The molecule has 2 nitrogen and oxygen atoms in total. The van der Waals surface area contributed by atoms with Gasteiger partial charge in [-0.15, -0.1) is 0 Å². The maximum absolute atomic E-state index is 5.63. The molecule has 0 aromatic heterocycles. The summed E-state index contributed by atoms with van der Waals surface area (Å²) in [5.41, 5.74) is 0. The van der Waals surface area contributed by atoms with E-state index in [2.05, 4.69) is 17.1 Å². The summed E-state index contributed by atoms with van der Waals surface area (Å²) in [7, 11) is 0. The lowest BCUT2D eigenvalue weighted by molar-refractivity contribution is 0.000212. The molecule has 0 aromatic rings. The van der Waals surface area contributed by atoms with E-state index in [9.17, 15) is 0 Å². The summed E-state index contributed by atoms with van der Waals surface area (Å²) in [5, 5.41) is 4.15. The van der Waals surface area contributed by atoms with Crippen molar-refractivity contribution < 1.29 is 4.74 Å². The van der Waals surface area contributed by atoms with Crippen LogP contribution in [0.5, 0.6) is 0 Å². The van der Waals surface area contributed by atoms with Gasteiger partial charge in [-0.3, -0.25) is 5.32 Å². The topological polar surface area (TPSA) is 21.3 Å². The van der Waals surface area contributed by atoms with Crippen LogP contribution in [0.15, 0.2) is 0 Å². The first-order valence-corrected chi connectivity index (χ1v) is 5.48. The molecule has 2 aliphatic rings. The molecule has 2 rings (SSSR count). The number of hydrogen-bond acceptors (Lipinski definition) is 3. The van der Waals surface area contributed by atoms with Crippen LogP contribution in [0.2, 0.25) is 0 Å². The van der Waals surface area contributed by atoms with Gasteiger partial charge in [0.15, 0.2) is 0 Å². The lowest BCUT2D eigenvalue weighted by Gasteiger charge is -2.28. The minimum atomic E-state index is 0.358. The van der Waals surface area contributed by atoms with Crippen LogP contribution >= 0.6 is 11.8 Å². The lowest BCUT2D eigenvalue weighted by atomic mass is 10.2. The molecule has 2 saturated heterocycles. The van der Waals surface area contributed by atoms with E-state index in [1.54, 1.807) is 0 Å². The molecule has 3 heteroatoms. The quantitative estimate of drug-likeness (QED) is 0.644. The fraction of sp³-hybridized carbons (Fsp3) is 1.00. The smallest absolute Gasteiger partial charge is 0.120 e. The van der Waals surface area contributed by atoms with Gasteiger partial charge in [0, 0.05) is 11.9 Å². The van der Waals surface area contributed by atoms with Gasteiger partial charge < -0.3 is 4.74 Å². The van der Waals surface area contributed by atoms with Crippen LogP contribution in [-0.2, 0) is 4.74 Å². The average Bonchev–Trinajstić information content (AvgIpc) is 2.58. The molecule has 11 heavy (non-hydrogen) atoms. The molecule has 0 spiro atoms. The molecule has 2 aliphatic heterocycles. The van der Waals surface area contributed by atoms with Crippen molar-refractivity contribution in [2.75, 3.05) is 18.9 Å². The van der Waals surface area contributed by atoms with E-state index in [0.717, 1.165) is 18.4 Å². The van der Waals surface area contributed by atoms with E-state index in [0.29, 0.717) is 6.23 Å². The molecule has 0 radical (unpaired) electrons. The van der Waals surface area contributed by atoms with Crippen LogP contribution in [0.3, 0.4) is 0 Å². The van der Waals surface area contributed by atoms with E-state index < -0.39 is 0 Å². The van der Waals surface area contributed by atoms with E-state index in [1.807, 2.05) is 0 Å². The summed E-state index contributed by atoms with van der Waals surface area (Å²) in [4.78, 5) is 0. The summed E-state index contributed by atoms with van der Waals surface area (Å²) < 4.78 is 5.63. The maximum Gasteiger partial charge on any atom is 0.120 e. The van der Waals surface area contributed by atoms with Gasteiger partial charge in [0.05, 0.1) is 0 Å². The second-order valence-corrected chi connectivity index (χ2v) is 4.50. The Hall–Kier alpha value is 0.270. The summed E-state index contributed by atoms with van der Waals surface area (Å²) in [5.74, 6) is 1.33. The van der Waals surface area contributed by atoms with Crippen LogP contribution in [-0.4, -0.2) is 30.4 Å². The summed E-state index contributed by atoms with van der Waals surface area (Å²) in [6.45, 7) is 2.09. The fourth-order valence-electron chi connectivity index (χ4n) is 1.67. The number of hydrogen-bond donors (Lipinski definition) is 1. The first-order chi connectivity index (χ1) is 5.47. The molecular formula is C8H15NOS. The zero-order valence-electron chi connectivity index (χ0n) is 6.71. The summed E-state index contributed by atoms with van der Waals surface area (Å²) in [6, 6.07) is 0. The highest BCUT2D eigenvalue weighted by atomic mass is 32.2. The predicted molar refractivity (Wildman–Crippen MR) is 47.8 cm³/mol. The van der Waals surface area contributed by atoms with E-state index in [1.165, 1.54) is 25.0 Å². The molecule has 2 fully saturated rings. The summed E-state index contributed by atoms with van der Waals surface area (Å²) in [6.07, 6.45) is 4.24. The number of nitrogens with one attached hydrogen (secondary N) is 1. The first kappa shape index (κ1) is 7.90. The van der Waals surface area contributed by atoms with Crippen molar-refractivity contribution in [3.63, 3.8) is 0 Å². The van der Waals surface area contributed by atoms with Gasteiger partial charge in [0.2, 0.25) is 0 Å². The number of thioether (sulfide) groups is 1. The molecular weight excluding hydrogens is 158 g/mol. The molecule has 2 heterocycles. The van der Waals surface area contributed by atoms with Crippen molar-refractivity contribution in [2.45, 2.75) is 30.7 Å². The van der Waals surface area contributed by atoms with Gasteiger partial charge in [0.25, 0.3) is 0 Å². The molecule has 0 bridgehead atoms. The molecule has 2 unspecified atom stereocenters. The first-order valence-electron chi connectivity index (χ1n) is 4.43. The second kappa shape index (κ2) is 3.78. The fourth-order valence-corrected chi connectivity index (χ4v) is 2.98. The molecule has 0 aliphatic carbocycles. The normalized spacial score (nSPS) is 39.3. The monoisotopic (exact) mass is 173 g/mol. The Morgan fingerprint density at radius 2 is 2.36 bits per heavy atom. The zero-order valence-corrected chi connectivity index (χ0v) is 7.53. The minimum Gasteiger partial charge on any atom is -0.362 e. The third kappa shape index (κ3) is 1.89. The molecule has 2 atom stereocenters. The van der Waals surface area contributed by atoms with E-state index in [4.69, 9.17) is 4.74 Å². The molecule has 0 saturated carbocycles. The Morgan fingerprint density at radius 1 is 1.36 bits per heavy atom. The largest absolute Gasteiger partial charge is 0.362 e. The minimum absolute atomic E-state index is 0.358. The van der Waals surface area contributed by atoms with Gasteiger partial charge >= 0.3 is 0 Å². The highest BCUT2D eigenvalue weighted by Gasteiger charge is 2.27. The van der Waals surface area contributed by atoms with Crippen LogP contribution < -0.4 is 5.32 Å². The van der Waals surface area contributed by atoms with Crippen LogP contribution in [0.4, 0.5) is 0 Å². The van der Waals surface area contributed by atoms with Crippen molar-refractivity contribution in [1.29, 1.82) is 0 Å². The Bertz CT molecular complexity index is 119. The van der Waals surface area contributed by atoms with Gasteiger partial charge in [-0.05, 0) is 31.6 Å². The highest BCUT2D eigenvalue weighted by molar-refractivity contribution is 8.00. The Morgan fingerprint density at radius 3 is 3.00 bits per heavy atom. The third-order valence-corrected chi connectivity index (χ3v) is 3.70. The van der Waals surface area contributed by atoms with E-state index in [-0.39, 0.29) is 0 Å². The molecule has 0 amide bonds. The standard InChI is InChI=1S/C8H15NOS/c1-3-7(11-6-1)8-9-4-2-5-10-8/h7-9H,1-6H2. The maximum atomic E-state index is 5.63. The third-order valence-electron chi connectivity index (χ3n) is 2.27. The van der Waals surface area contributed by atoms with Crippen molar-refractivity contribution in [2.24, 2.45) is 0 Å². The van der Waals surface area contributed by atoms with Crippen molar-refractivity contribution >= 4 is 11.8 Å². The van der Waals surface area contributed by atoms with Crippen molar-refractivity contribution in [1.82, 2.24) is 5.32 Å². The Balaban J connectivity index is 1.82. The van der Waals surface area contributed by atoms with Crippen molar-refractivity contribution in [3.05, 3.63) is 0 Å². The SMILES string of the molecule is C1CNC(C2CCCS2)OC1. The summed E-state index contributed by atoms with van der Waals surface area (Å²) >= 11 is 2.06.